The van der Waals surface area contributed by atoms with Crippen molar-refractivity contribution in [1.82, 2.24) is 5.32 Å². The molecule has 0 aromatic carbocycles. The Labute approximate surface area is 446 Å². The van der Waals surface area contributed by atoms with Crippen LogP contribution in [0.4, 0.5) is 0 Å². The van der Waals surface area contributed by atoms with Crippen LogP contribution in [-0.4, -0.2) is 68.5 Å². The van der Waals surface area contributed by atoms with Crippen LogP contribution in [0.1, 0.15) is 271 Å². The number of allylic oxidation sites excluding steroid dienone is 11. The van der Waals surface area contributed by atoms with Crippen LogP contribution in [0.2, 0.25) is 0 Å². The molecule has 72 heavy (non-hydrogen) atoms. The monoisotopic (exact) mass is 1030 g/mol. The summed E-state index contributed by atoms with van der Waals surface area (Å²) >= 11 is 0. The number of aliphatic hydroxyl groups excluding tert-OH is 1. The van der Waals surface area contributed by atoms with Crippen LogP contribution in [0.5, 0.6) is 0 Å². The number of hydrogen-bond acceptors (Lipinski definition) is 6. The molecule has 0 aromatic heterocycles. The first-order chi connectivity index (χ1) is 35.0. The standard InChI is InChI=1S/C63H117N2O6P/c1-6-8-10-12-14-16-18-20-22-24-26-28-30-31-32-33-35-37-39-41-43-45-47-49-51-53-55-57-63(67)64-61(60-71-72(68,69)70-59-58-65(3,4)5)62(66)56-54-52-50-48-46-44-42-40-38-36-34-29-27-25-23-21-19-17-15-13-11-9-7-2/h8,10,14,16,20,22,26,28,46,48,54,56,61-62,66H,6-7,9,11-13,15,17-19,21,23-25,27,29-45,47,49-53,55,57-60H2,1-5H3,(H-,64,67,68,69)/b10-8-,16-14-,22-20-,28-26-,48-46+,56-54+. The number of unbranched alkanes of at least 4 members (excludes halogenated alkanes) is 32. The zero-order chi connectivity index (χ0) is 52.7. The third-order valence-electron chi connectivity index (χ3n) is 13.4. The fourth-order valence-corrected chi connectivity index (χ4v) is 9.41. The SMILES string of the molecule is CC/C=C\C/C=C\C/C=C\C/C=C\CCCCCCCCCCCCCCCCC(=O)NC(COP(=O)([O-])OCC[N+](C)(C)C)C(O)/C=C/CC/C=C/CCCCCCCCCCCCCCCCCCC. The Morgan fingerprint density at radius 2 is 0.861 bits per heavy atom. The van der Waals surface area contributed by atoms with E-state index in [-0.39, 0.29) is 12.5 Å². The van der Waals surface area contributed by atoms with E-state index in [0.29, 0.717) is 17.4 Å². The van der Waals surface area contributed by atoms with Gasteiger partial charge in [0.2, 0.25) is 5.91 Å². The average Bonchev–Trinajstić information content (AvgIpc) is 3.34. The number of amides is 1. The summed E-state index contributed by atoms with van der Waals surface area (Å²) in [6.07, 6.45) is 74.2. The van der Waals surface area contributed by atoms with E-state index in [4.69, 9.17) is 9.05 Å². The number of phosphoric ester groups is 1. The maximum absolute atomic E-state index is 13.0. The van der Waals surface area contributed by atoms with Crippen LogP contribution in [0.25, 0.3) is 0 Å². The Balaban J connectivity index is 4.21. The van der Waals surface area contributed by atoms with Crippen LogP contribution in [0.15, 0.2) is 72.9 Å². The highest BCUT2D eigenvalue weighted by atomic mass is 31.2. The highest BCUT2D eigenvalue weighted by Gasteiger charge is 2.23. The quantitative estimate of drug-likeness (QED) is 0.0272. The van der Waals surface area contributed by atoms with Gasteiger partial charge in [-0.2, -0.15) is 0 Å². The third kappa shape index (κ3) is 55.7. The Morgan fingerprint density at radius 1 is 0.500 bits per heavy atom. The summed E-state index contributed by atoms with van der Waals surface area (Å²) in [4.78, 5) is 25.5. The van der Waals surface area contributed by atoms with Crippen molar-refractivity contribution in [3.05, 3.63) is 72.9 Å². The molecule has 0 spiro atoms. The van der Waals surface area contributed by atoms with E-state index in [1.165, 1.54) is 186 Å². The van der Waals surface area contributed by atoms with E-state index < -0.39 is 26.6 Å². The Kier molecular flexibility index (Phi) is 52.2. The number of phosphoric acid groups is 1. The number of hydrogen-bond donors (Lipinski definition) is 2. The van der Waals surface area contributed by atoms with Crippen molar-refractivity contribution in [1.29, 1.82) is 0 Å². The van der Waals surface area contributed by atoms with Gasteiger partial charge in [-0.05, 0) is 70.6 Å². The molecule has 0 aliphatic carbocycles. The minimum absolute atomic E-state index is 0.00818. The van der Waals surface area contributed by atoms with Gasteiger partial charge in [0.1, 0.15) is 13.2 Å². The first-order valence-corrected chi connectivity index (χ1v) is 31.8. The van der Waals surface area contributed by atoms with E-state index in [1.54, 1.807) is 6.08 Å². The maximum Gasteiger partial charge on any atom is 0.268 e. The van der Waals surface area contributed by atoms with Gasteiger partial charge in [-0.15, -0.1) is 0 Å². The summed E-state index contributed by atoms with van der Waals surface area (Å²) in [6.45, 7) is 4.54. The van der Waals surface area contributed by atoms with E-state index in [1.807, 2.05) is 27.2 Å². The smallest absolute Gasteiger partial charge is 0.268 e. The lowest BCUT2D eigenvalue weighted by Crippen LogP contribution is -2.45. The summed E-state index contributed by atoms with van der Waals surface area (Å²) in [5.41, 5.74) is 0. The predicted octanol–water partition coefficient (Wildman–Crippen LogP) is 18.0. The predicted molar refractivity (Wildman–Crippen MR) is 311 cm³/mol. The Morgan fingerprint density at radius 3 is 1.29 bits per heavy atom. The van der Waals surface area contributed by atoms with Gasteiger partial charge >= 0.3 is 0 Å². The number of nitrogens with one attached hydrogen (secondary N) is 1. The number of carbonyl (C=O) groups excluding carboxylic acids is 1. The van der Waals surface area contributed by atoms with Gasteiger partial charge in [0.15, 0.2) is 0 Å². The van der Waals surface area contributed by atoms with Crippen molar-refractivity contribution in [2.75, 3.05) is 40.9 Å². The molecule has 0 aliphatic heterocycles. The lowest BCUT2D eigenvalue weighted by molar-refractivity contribution is -0.870. The Hall–Kier alpha value is -2.06. The van der Waals surface area contributed by atoms with Crippen LogP contribution in [0.3, 0.4) is 0 Å². The molecule has 0 aromatic rings. The van der Waals surface area contributed by atoms with Crippen molar-refractivity contribution in [2.45, 2.75) is 283 Å². The second-order valence-corrected chi connectivity index (χ2v) is 23.1. The lowest BCUT2D eigenvalue weighted by atomic mass is 10.0. The number of carbonyl (C=O) groups is 1. The lowest BCUT2D eigenvalue weighted by Gasteiger charge is -2.29. The molecule has 1 amide bonds. The van der Waals surface area contributed by atoms with Gasteiger partial charge in [-0.1, -0.05) is 267 Å². The molecule has 2 N–H and O–H groups in total. The molecular formula is C63H117N2O6P. The summed E-state index contributed by atoms with van der Waals surface area (Å²) < 4.78 is 23.4. The zero-order valence-corrected chi connectivity index (χ0v) is 48.8. The summed E-state index contributed by atoms with van der Waals surface area (Å²) in [6, 6.07) is -0.908. The van der Waals surface area contributed by atoms with E-state index in [0.717, 1.165) is 64.2 Å². The second kappa shape index (κ2) is 53.8. The molecule has 0 aliphatic rings. The highest BCUT2D eigenvalue weighted by Crippen LogP contribution is 2.38. The zero-order valence-electron chi connectivity index (χ0n) is 47.9. The molecule has 0 radical (unpaired) electrons. The molecule has 8 nitrogen and oxygen atoms in total. The molecule has 0 heterocycles. The van der Waals surface area contributed by atoms with Crippen molar-refractivity contribution >= 4 is 13.7 Å². The van der Waals surface area contributed by atoms with Gasteiger partial charge < -0.3 is 28.8 Å². The maximum atomic E-state index is 13.0. The van der Waals surface area contributed by atoms with Crippen LogP contribution < -0.4 is 10.2 Å². The van der Waals surface area contributed by atoms with Crippen LogP contribution >= 0.6 is 7.82 Å². The second-order valence-electron chi connectivity index (χ2n) is 21.7. The van der Waals surface area contributed by atoms with Gasteiger partial charge in [-0.3, -0.25) is 9.36 Å². The fourth-order valence-electron chi connectivity index (χ4n) is 8.69. The molecule has 420 valence electrons. The molecule has 0 saturated heterocycles. The molecule has 3 unspecified atom stereocenters. The van der Waals surface area contributed by atoms with Crippen molar-refractivity contribution in [3.8, 4) is 0 Å². The highest BCUT2D eigenvalue weighted by molar-refractivity contribution is 7.45. The van der Waals surface area contributed by atoms with Crippen molar-refractivity contribution < 1.29 is 32.9 Å². The molecule has 0 rings (SSSR count). The minimum atomic E-state index is -4.61. The number of rotatable bonds is 55. The van der Waals surface area contributed by atoms with Gasteiger partial charge in [0.25, 0.3) is 7.82 Å². The number of nitrogens with zero attached hydrogens (tertiary/aromatic N) is 1. The Bertz CT molecular complexity index is 1400. The largest absolute Gasteiger partial charge is 0.756 e. The summed E-state index contributed by atoms with van der Waals surface area (Å²) in [5.74, 6) is -0.208. The molecule has 0 fully saturated rings. The van der Waals surface area contributed by atoms with Gasteiger partial charge in [-0.25, -0.2) is 0 Å². The molecular weight excluding hydrogens is 912 g/mol. The van der Waals surface area contributed by atoms with Crippen molar-refractivity contribution in [2.24, 2.45) is 0 Å². The fraction of sp³-hybridized carbons (Fsp3) is 0.794. The number of aliphatic hydroxyl groups is 1. The minimum Gasteiger partial charge on any atom is -0.756 e. The van der Waals surface area contributed by atoms with Crippen LogP contribution in [0, 0.1) is 0 Å². The number of likely N-dealkylation sites (N-methyl/N-ethyl adjacent to an activating group) is 1. The molecule has 0 bridgehead atoms. The van der Waals surface area contributed by atoms with Crippen LogP contribution in [-0.2, 0) is 18.4 Å². The van der Waals surface area contributed by atoms with E-state index >= 15 is 0 Å². The normalized spacial score (nSPS) is 14.4. The first kappa shape index (κ1) is 69.9. The molecule has 3 atom stereocenters. The third-order valence-corrected chi connectivity index (χ3v) is 14.4. The molecule has 0 saturated carbocycles. The van der Waals surface area contributed by atoms with Crippen molar-refractivity contribution in [3.63, 3.8) is 0 Å². The van der Waals surface area contributed by atoms with Gasteiger partial charge in [0.05, 0.1) is 39.9 Å². The molecule has 9 heteroatoms. The van der Waals surface area contributed by atoms with Gasteiger partial charge in [0, 0.05) is 6.42 Å². The van der Waals surface area contributed by atoms with E-state index in [2.05, 4.69) is 79.9 Å². The number of quaternary nitrogens is 1. The average molecular weight is 1030 g/mol. The summed E-state index contributed by atoms with van der Waals surface area (Å²) in [7, 11) is 1.24. The summed E-state index contributed by atoms with van der Waals surface area (Å²) in [5, 5.41) is 13.9. The van der Waals surface area contributed by atoms with E-state index in [9.17, 15) is 19.4 Å². The topological polar surface area (TPSA) is 108 Å². The first-order valence-electron chi connectivity index (χ1n) is 30.3.